The number of imidazole rings is 1. The second kappa shape index (κ2) is 7.89. The van der Waals surface area contributed by atoms with Crippen LogP contribution in [0.1, 0.15) is 38.4 Å². The van der Waals surface area contributed by atoms with Gasteiger partial charge in [0.15, 0.2) is 5.03 Å². The van der Waals surface area contributed by atoms with E-state index in [1.165, 1.54) is 4.31 Å². The summed E-state index contributed by atoms with van der Waals surface area (Å²) in [5, 5.41) is 0.0838. The highest BCUT2D eigenvalue weighted by Gasteiger charge is 2.37. The van der Waals surface area contributed by atoms with Crippen LogP contribution in [0, 0.1) is 18.8 Å². The maximum Gasteiger partial charge on any atom is 0.262 e. The molecule has 0 bridgehead atoms. The van der Waals surface area contributed by atoms with Crippen LogP contribution in [0.4, 0.5) is 0 Å². The molecule has 8 nitrogen and oxygen atoms in total. The first kappa shape index (κ1) is 20.3. The minimum Gasteiger partial charge on any atom is -0.338 e. The third-order valence-electron chi connectivity index (χ3n) is 6.03. The van der Waals surface area contributed by atoms with E-state index in [-0.39, 0.29) is 22.9 Å². The molecule has 1 amide bonds. The van der Waals surface area contributed by atoms with Crippen molar-refractivity contribution < 1.29 is 13.2 Å². The van der Waals surface area contributed by atoms with E-state index in [0.29, 0.717) is 44.2 Å². The number of likely N-dealkylation sites (tertiary alicyclic amines) is 1. The van der Waals surface area contributed by atoms with Crippen molar-refractivity contribution in [2.24, 2.45) is 24.6 Å². The van der Waals surface area contributed by atoms with Crippen molar-refractivity contribution in [3.63, 3.8) is 0 Å². The number of carbonyl (C=O) groups excluding carboxylic acids is 1. The Hall–Kier alpha value is -1.45. The lowest BCUT2D eigenvalue weighted by atomic mass is 9.89. The van der Waals surface area contributed by atoms with E-state index in [1.807, 2.05) is 4.90 Å². The summed E-state index contributed by atoms with van der Waals surface area (Å²) >= 11 is 0. The van der Waals surface area contributed by atoms with Gasteiger partial charge in [-0.1, -0.05) is 6.92 Å². The van der Waals surface area contributed by atoms with Crippen molar-refractivity contribution in [3.05, 3.63) is 12.0 Å². The van der Waals surface area contributed by atoms with Gasteiger partial charge < -0.3 is 15.2 Å². The number of amides is 1. The van der Waals surface area contributed by atoms with Crippen molar-refractivity contribution >= 4 is 15.9 Å². The van der Waals surface area contributed by atoms with Crippen molar-refractivity contribution in [1.82, 2.24) is 18.8 Å². The maximum absolute atomic E-state index is 13.0. The number of nitrogens with two attached hydrogens (primary N) is 1. The van der Waals surface area contributed by atoms with Gasteiger partial charge in [-0.25, -0.2) is 13.4 Å². The first-order chi connectivity index (χ1) is 12.7. The normalized spacial score (nSPS) is 25.7. The molecule has 0 aliphatic carbocycles. The number of piperidine rings is 2. The number of aromatic nitrogens is 2. The zero-order valence-corrected chi connectivity index (χ0v) is 17.3. The Kier molecular flexibility index (Phi) is 5.93. The molecule has 2 saturated heterocycles. The average Bonchev–Trinajstić information content (AvgIpc) is 3.00. The van der Waals surface area contributed by atoms with Gasteiger partial charge in [0.25, 0.3) is 10.0 Å². The first-order valence-electron chi connectivity index (χ1n) is 9.74. The Balaban J connectivity index is 1.63. The molecule has 2 aliphatic rings. The van der Waals surface area contributed by atoms with E-state index in [9.17, 15) is 13.2 Å². The van der Waals surface area contributed by atoms with Gasteiger partial charge in [0.05, 0.1) is 0 Å². The van der Waals surface area contributed by atoms with Gasteiger partial charge in [0, 0.05) is 51.4 Å². The van der Waals surface area contributed by atoms with Crippen LogP contribution in [0.3, 0.4) is 0 Å². The number of nitrogens with zero attached hydrogens (tertiary/aromatic N) is 4. The maximum atomic E-state index is 13.0. The van der Waals surface area contributed by atoms with E-state index in [1.54, 1.807) is 24.7 Å². The Labute approximate surface area is 161 Å². The zero-order valence-electron chi connectivity index (χ0n) is 16.5. The fraction of sp³-hybridized carbons (Fsp3) is 0.778. The minimum absolute atomic E-state index is 0.0838. The summed E-state index contributed by atoms with van der Waals surface area (Å²) in [7, 11) is -1.83. The van der Waals surface area contributed by atoms with E-state index < -0.39 is 10.0 Å². The van der Waals surface area contributed by atoms with Gasteiger partial charge in [-0.3, -0.25) is 4.79 Å². The molecule has 0 radical (unpaired) electrons. The predicted octanol–water partition coefficient (Wildman–Crippen LogP) is 0.715. The quantitative estimate of drug-likeness (QED) is 0.806. The van der Waals surface area contributed by atoms with Crippen molar-refractivity contribution in [2.45, 2.75) is 50.6 Å². The molecular weight excluding hydrogens is 366 g/mol. The van der Waals surface area contributed by atoms with Crippen LogP contribution in [0.5, 0.6) is 0 Å². The van der Waals surface area contributed by atoms with Crippen LogP contribution in [0.25, 0.3) is 0 Å². The number of carbonyl (C=O) groups is 1. The first-order valence-corrected chi connectivity index (χ1v) is 11.2. The second-order valence-electron chi connectivity index (χ2n) is 7.97. The molecule has 2 aliphatic heterocycles. The van der Waals surface area contributed by atoms with E-state index in [0.717, 1.165) is 19.4 Å². The summed E-state index contributed by atoms with van der Waals surface area (Å²) in [4.78, 5) is 19.1. The summed E-state index contributed by atoms with van der Waals surface area (Å²) in [5.41, 5.74) is 5.89. The molecule has 1 aromatic heterocycles. The molecule has 0 spiro atoms. The SMILES string of the molecule is Cc1nc(S(=O)(=O)N2CCC(C(=O)N3CCC(C)CC3CN)CC2)cn1C. The average molecular weight is 398 g/mol. The van der Waals surface area contributed by atoms with Crippen LogP contribution < -0.4 is 5.73 Å². The van der Waals surface area contributed by atoms with E-state index in [4.69, 9.17) is 5.73 Å². The molecule has 27 heavy (non-hydrogen) atoms. The largest absolute Gasteiger partial charge is 0.338 e. The van der Waals surface area contributed by atoms with Crippen LogP contribution in [0.2, 0.25) is 0 Å². The monoisotopic (exact) mass is 397 g/mol. The third-order valence-corrected chi connectivity index (χ3v) is 7.80. The lowest BCUT2D eigenvalue weighted by Crippen LogP contribution is -2.52. The lowest BCUT2D eigenvalue weighted by molar-refractivity contribution is -0.141. The Bertz CT molecular complexity index is 763. The molecule has 2 fully saturated rings. The van der Waals surface area contributed by atoms with Crippen LogP contribution in [-0.4, -0.2) is 65.3 Å². The van der Waals surface area contributed by atoms with Crippen LogP contribution in [0.15, 0.2) is 11.2 Å². The molecular formula is C18H31N5O3S. The second-order valence-corrected chi connectivity index (χ2v) is 9.85. The van der Waals surface area contributed by atoms with Crippen molar-refractivity contribution in [3.8, 4) is 0 Å². The molecule has 3 heterocycles. The van der Waals surface area contributed by atoms with E-state index in [2.05, 4.69) is 11.9 Å². The van der Waals surface area contributed by atoms with Gasteiger partial charge >= 0.3 is 0 Å². The summed E-state index contributed by atoms with van der Waals surface area (Å²) < 4.78 is 28.8. The Morgan fingerprint density at radius 2 is 1.93 bits per heavy atom. The standard InChI is InChI=1S/C18H31N5O3S/c1-13-4-9-23(16(10-13)11-19)18(24)15-5-7-22(8-6-15)27(25,26)17-12-21(3)14(2)20-17/h12-13,15-16H,4-11,19H2,1-3H3. The van der Waals surface area contributed by atoms with Gasteiger partial charge in [0.2, 0.25) is 5.91 Å². The Morgan fingerprint density at radius 3 is 2.48 bits per heavy atom. The summed E-state index contributed by atoms with van der Waals surface area (Å²) in [5.74, 6) is 1.27. The highest BCUT2D eigenvalue weighted by molar-refractivity contribution is 7.89. The lowest BCUT2D eigenvalue weighted by Gasteiger charge is -2.41. The van der Waals surface area contributed by atoms with Gasteiger partial charge in [-0.15, -0.1) is 0 Å². The summed E-state index contributed by atoms with van der Waals surface area (Å²) in [6, 6.07) is 0.111. The highest BCUT2D eigenvalue weighted by Crippen LogP contribution is 2.28. The highest BCUT2D eigenvalue weighted by atomic mass is 32.2. The molecule has 152 valence electrons. The fourth-order valence-electron chi connectivity index (χ4n) is 4.13. The number of hydrogen-bond donors (Lipinski definition) is 1. The van der Waals surface area contributed by atoms with Crippen molar-refractivity contribution in [2.75, 3.05) is 26.2 Å². The summed E-state index contributed by atoms with van der Waals surface area (Å²) in [6.07, 6.45) is 4.60. The fourth-order valence-corrected chi connectivity index (χ4v) is 5.62. The molecule has 3 rings (SSSR count). The minimum atomic E-state index is -3.60. The number of sulfonamides is 1. The van der Waals surface area contributed by atoms with E-state index >= 15 is 0 Å². The molecule has 0 aromatic carbocycles. The Morgan fingerprint density at radius 1 is 1.26 bits per heavy atom. The predicted molar refractivity (Wildman–Crippen MR) is 102 cm³/mol. The smallest absolute Gasteiger partial charge is 0.262 e. The van der Waals surface area contributed by atoms with Gasteiger partial charge in [0.1, 0.15) is 5.82 Å². The third kappa shape index (κ3) is 4.05. The topological polar surface area (TPSA) is 102 Å². The molecule has 0 saturated carbocycles. The molecule has 2 N–H and O–H groups in total. The van der Waals surface area contributed by atoms with Crippen LogP contribution in [-0.2, 0) is 21.9 Å². The zero-order chi connectivity index (χ0) is 19.8. The van der Waals surface area contributed by atoms with Crippen molar-refractivity contribution in [1.29, 1.82) is 0 Å². The molecule has 9 heteroatoms. The molecule has 2 unspecified atom stereocenters. The number of aryl methyl sites for hydroxylation is 2. The molecule has 1 aromatic rings. The number of rotatable bonds is 4. The van der Waals surface area contributed by atoms with Gasteiger partial charge in [-0.2, -0.15) is 4.31 Å². The van der Waals surface area contributed by atoms with Crippen LogP contribution >= 0.6 is 0 Å². The summed E-state index contributed by atoms with van der Waals surface area (Å²) in [6.45, 7) is 5.93. The van der Waals surface area contributed by atoms with Gasteiger partial charge in [-0.05, 0) is 38.5 Å². The molecule has 2 atom stereocenters. The number of hydrogen-bond acceptors (Lipinski definition) is 5.